The first-order valence-electron chi connectivity index (χ1n) is 8.68. The molecular weight excluding hydrogens is 385 g/mol. The van der Waals surface area contributed by atoms with Crippen molar-refractivity contribution in [1.29, 1.82) is 0 Å². The molecule has 0 unspecified atom stereocenters. The number of carboxylic acid groups (broad SMARTS) is 1. The Kier molecular flexibility index (Phi) is 6.75. The molecule has 0 N–H and O–H groups in total. The maximum Gasteiger partial charge on any atom is 1.00 e. The molecule has 3 aromatic rings. The van der Waals surface area contributed by atoms with Gasteiger partial charge in [0.05, 0.1) is 30.5 Å². The predicted molar refractivity (Wildman–Crippen MR) is 102 cm³/mol. The molecule has 0 aromatic carbocycles. The molecule has 152 valence electrons. The van der Waals surface area contributed by atoms with Crippen LogP contribution in [0.3, 0.4) is 0 Å². The maximum absolute atomic E-state index is 12.2. The Morgan fingerprint density at radius 3 is 2.53 bits per heavy atom. The van der Waals surface area contributed by atoms with E-state index in [9.17, 15) is 14.7 Å². The van der Waals surface area contributed by atoms with Gasteiger partial charge in [0.15, 0.2) is 11.5 Å². The van der Waals surface area contributed by atoms with Crippen molar-refractivity contribution in [2.24, 2.45) is 0 Å². The van der Waals surface area contributed by atoms with Crippen LogP contribution in [0.15, 0.2) is 30.6 Å². The van der Waals surface area contributed by atoms with Crippen LogP contribution in [0.5, 0.6) is 5.88 Å². The predicted octanol–water partition coefficient (Wildman–Crippen LogP) is -1.46. The monoisotopic (exact) mass is 405 g/mol. The Morgan fingerprint density at radius 2 is 1.93 bits per heavy atom. The minimum Gasteiger partial charge on any atom is -0.545 e. The summed E-state index contributed by atoms with van der Waals surface area (Å²) in [5.74, 6) is -1.09. The minimum absolute atomic E-state index is 0. The van der Waals surface area contributed by atoms with Gasteiger partial charge in [0.25, 0.3) is 0 Å². The van der Waals surface area contributed by atoms with Crippen molar-refractivity contribution in [3.05, 3.63) is 36.2 Å². The number of carbonyl (C=O) groups is 2. The summed E-state index contributed by atoms with van der Waals surface area (Å²) in [5, 5.41) is 15.7. The number of carboxylic acids is 1. The first-order chi connectivity index (χ1) is 13.6. The van der Waals surface area contributed by atoms with E-state index in [4.69, 9.17) is 9.47 Å². The van der Waals surface area contributed by atoms with Gasteiger partial charge >= 0.3 is 25.0 Å². The van der Waals surface area contributed by atoms with E-state index in [0.29, 0.717) is 22.7 Å². The van der Waals surface area contributed by atoms with Crippen LogP contribution < -0.4 is 33.6 Å². The molecule has 3 rings (SSSR count). The van der Waals surface area contributed by atoms with Crippen LogP contribution >= 0.6 is 0 Å². The zero-order valence-electron chi connectivity index (χ0n) is 17.7. The van der Waals surface area contributed by atoms with E-state index in [1.54, 1.807) is 46.1 Å². The topological polar surface area (TPSA) is 122 Å². The first-order valence-corrected chi connectivity index (χ1v) is 8.68. The second-order valence-corrected chi connectivity index (χ2v) is 7.23. The Bertz CT molecular complexity index is 1090. The van der Waals surface area contributed by atoms with Crippen LogP contribution in [-0.2, 0) is 4.74 Å². The molecule has 11 heteroatoms. The summed E-state index contributed by atoms with van der Waals surface area (Å²) < 4.78 is 11.8. The molecule has 0 spiro atoms. The van der Waals surface area contributed by atoms with Crippen LogP contribution in [0, 0.1) is 0 Å². The molecule has 0 saturated carbocycles. The van der Waals surface area contributed by atoms with Gasteiger partial charge in [0.2, 0.25) is 5.88 Å². The standard InChI is InChI=1S/C19H21N5O5.Li/c1-19(2,3)29-18(27)23(4)15-10-24-14(21-15)7-6-13(22-24)11-8-12(17(25)26)16(28-5)20-9-11;/h6-10H,1-5H3,(H,25,26);/q;+1/p-1. The van der Waals surface area contributed by atoms with Crippen molar-refractivity contribution in [2.75, 3.05) is 19.1 Å². The third-order valence-corrected chi connectivity index (χ3v) is 3.88. The molecule has 0 fully saturated rings. The number of pyridine rings is 1. The number of rotatable bonds is 4. The summed E-state index contributed by atoms with van der Waals surface area (Å²) >= 11 is 0. The number of methoxy groups -OCH3 is 1. The van der Waals surface area contributed by atoms with Gasteiger partial charge in [-0.15, -0.1) is 0 Å². The van der Waals surface area contributed by atoms with Gasteiger partial charge in [-0.3, -0.25) is 4.90 Å². The molecular formula is C19H20LiN5O5. The van der Waals surface area contributed by atoms with Crippen LogP contribution in [0.4, 0.5) is 10.6 Å². The largest absolute Gasteiger partial charge is 1.00 e. The second-order valence-electron chi connectivity index (χ2n) is 7.23. The van der Waals surface area contributed by atoms with Crippen LogP contribution in [0.2, 0.25) is 0 Å². The van der Waals surface area contributed by atoms with Gasteiger partial charge in [0.1, 0.15) is 5.60 Å². The summed E-state index contributed by atoms with van der Waals surface area (Å²) in [6, 6.07) is 4.74. The molecule has 0 bridgehead atoms. The Balaban J connectivity index is 0.00000320. The molecule has 0 saturated heterocycles. The Hall–Kier alpha value is -3.09. The number of carbonyl (C=O) groups excluding carboxylic acids is 2. The third kappa shape index (κ3) is 4.90. The zero-order chi connectivity index (χ0) is 21.3. The molecule has 0 aliphatic heterocycles. The van der Waals surface area contributed by atoms with Gasteiger partial charge in [-0.2, -0.15) is 5.10 Å². The van der Waals surface area contributed by atoms with Crippen molar-refractivity contribution in [1.82, 2.24) is 19.6 Å². The third-order valence-electron chi connectivity index (χ3n) is 3.88. The molecule has 3 heterocycles. The molecule has 3 aromatic heterocycles. The number of ether oxygens (including phenoxy) is 2. The van der Waals surface area contributed by atoms with E-state index in [-0.39, 0.29) is 30.3 Å². The summed E-state index contributed by atoms with van der Waals surface area (Å²) in [7, 11) is 2.88. The van der Waals surface area contributed by atoms with Crippen LogP contribution in [0.1, 0.15) is 31.1 Å². The minimum atomic E-state index is -1.40. The normalized spacial score (nSPS) is 11.0. The summed E-state index contributed by atoms with van der Waals surface area (Å²) in [6.07, 6.45) is 2.47. The van der Waals surface area contributed by atoms with E-state index in [1.807, 2.05) is 0 Å². The van der Waals surface area contributed by atoms with E-state index < -0.39 is 17.7 Å². The summed E-state index contributed by atoms with van der Waals surface area (Å²) in [4.78, 5) is 33.2. The summed E-state index contributed by atoms with van der Waals surface area (Å²) in [6.45, 7) is 5.33. The maximum atomic E-state index is 12.2. The fraction of sp³-hybridized carbons (Fsp3) is 0.316. The van der Waals surface area contributed by atoms with E-state index in [2.05, 4.69) is 15.1 Å². The summed E-state index contributed by atoms with van der Waals surface area (Å²) in [5.41, 5.74) is 0.610. The number of hydrogen-bond acceptors (Lipinski definition) is 8. The van der Waals surface area contributed by atoms with Crippen LogP contribution in [0.25, 0.3) is 16.9 Å². The number of aromatic nitrogens is 4. The number of hydrogen-bond donors (Lipinski definition) is 0. The van der Waals surface area contributed by atoms with E-state index in [1.165, 1.54) is 28.8 Å². The van der Waals surface area contributed by atoms with Crippen LogP contribution in [-0.4, -0.2) is 51.4 Å². The number of fused-ring (bicyclic) bond motifs is 1. The average Bonchev–Trinajstić information content (AvgIpc) is 3.08. The fourth-order valence-electron chi connectivity index (χ4n) is 2.51. The van der Waals surface area contributed by atoms with Crippen molar-refractivity contribution in [3.63, 3.8) is 0 Å². The Morgan fingerprint density at radius 1 is 1.23 bits per heavy atom. The molecule has 0 atom stereocenters. The van der Waals surface area contributed by atoms with E-state index in [0.717, 1.165) is 0 Å². The van der Waals surface area contributed by atoms with Crippen molar-refractivity contribution < 1.29 is 43.0 Å². The number of imidazole rings is 1. The van der Waals surface area contributed by atoms with Gasteiger partial charge in [0, 0.05) is 18.8 Å². The average molecular weight is 405 g/mol. The van der Waals surface area contributed by atoms with E-state index >= 15 is 0 Å². The molecule has 10 nitrogen and oxygen atoms in total. The number of nitrogens with zero attached hydrogens (tertiary/aromatic N) is 5. The van der Waals surface area contributed by atoms with Crippen molar-refractivity contribution in [2.45, 2.75) is 26.4 Å². The molecule has 0 radical (unpaired) electrons. The van der Waals surface area contributed by atoms with Gasteiger partial charge in [-0.1, -0.05) is 0 Å². The number of anilines is 1. The SMILES string of the molecule is COc1ncc(-c2ccc3nc(N(C)C(=O)OC(C)(C)C)cn3n2)cc1C(=O)[O-].[Li+]. The van der Waals surface area contributed by atoms with Gasteiger partial charge in [-0.05, 0) is 39.0 Å². The number of amides is 1. The molecule has 30 heavy (non-hydrogen) atoms. The van der Waals surface area contributed by atoms with Crippen molar-refractivity contribution in [3.8, 4) is 17.1 Å². The zero-order valence-corrected chi connectivity index (χ0v) is 17.7. The van der Waals surface area contributed by atoms with Gasteiger partial charge in [-0.25, -0.2) is 19.3 Å². The Labute approximate surface area is 185 Å². The fourth-order valence-corrected chi connectivity index (χ4v) is 2.51. The quantitative estimate of drug-likeness (QED) is 0.483. The van der Waals surface area contributed by atoms with Crippen molar-refractivity contribution >= 4 is 23.5 Å². The first kappa shape index (κ1) is 23.2. The smallest absolute Gasteiger partial charge is 0.545 e. The molecule has 0 aliphatic rings. The molecule has 0 aliphatic carbocycles. The van der Waals surface area contributed by atoms with Gasteiger partial charge < -0.3 is 19.4 Å². The molecule has 1 amide bonds. The number of aromatic carboxylic acids is 1. The second kappa shape index (κ2) is 8.73.